The topological polar surface area (TPSA) is 106 Å². The van der Waals surface area contributed by atoms with Gasteiger partial charge in [-0.3, -0.25) is 9.20 Å². The normalized spacial score (nSPS) is 16.0. The van der Waals surface area contributed by atoms with Crippen LogP contribution < -0.4 is 4.74 Å². The zero-order chi connectivity index (χ0) is 23.2. The number of fused-ring (bicyclic) bond motifs is 1. The minimum Gasteiger partial charge on any atom is -0.475 e. The summed E-state index contributed by atoms with van der Waals surface area (Å²) in [4.78, 5) is 27.5. The lowest BCUT2D eigenvalue weighted by Crippen LogP contribution is -2.40. The van der Waals surface area contributed by atoms with Crippen molar-refractivity contribution in [3.05, 3.63) is 42.1 Å². The zero-order valence-corrected chi connectivity index (χ0v) is 18.4. The zero-order valence-electron chi connectivity index (χ0n) is 18.4. The van der Waals surface area contributed by atoms with Crippen LogP contribution in [0, 0.1) is 23.1 Å². The molecule has 0 aromatic carbocycles. The number of carbonyl (C=O) groups excluding carboxylic acids is 1. The minimum atomic E-state index is -0.390. The Morgan fingerprint density at radius 2 is 2.21 bits per heavy atom. The molecule has 1 fully saturated rings. The van der Waals surface area contributed by atoms with E-state index in [1.165, 1.54) is 12.3 Å². The van der Waals surface area contributed by atoms with E-state index in [0.29, 0.717) is 55.8 Å². The van der Waals surface area contributed by atoms with Gasteiger partial charge in [0.25, 0.3) is 0 Å². The second-order valence-electron chi connectivity index (χ2n) is 7.97. The number of hydrogen-bond acceptors (Lipinski definition) is 7. The molecule has 0 unspecified atom stereocenters. The van der Waals surface area contributed by atoms with Gasteiger partial charge in [-0.1, -0.05) is 0 Å². The molecule has 1 amide bonds. The Labute approximate surface area is 190 Å². The van der Waals surface area contributed by atoms with Gasteiger partial charge < -0.3 is 14.4 Å². The number of nitrogens with zero attached hydrogens (tertiary/aromatic N) is 6. The van der Waals surface area contributed by atoms with E-state index >= 15 is 0 Å². The number of pyridine rings is 1. The van der Waals surface area contributed by atoms with Crippen molar-refractivity contribution >= 4 is 11.6 Å². The van der Waals surface area contributed by atoms with E-state index in [9.17, 15) is 9.18 Å². The van der Waals surface area contributed by atoms with E-state index in [1.54, 1.807) is 34.7 Å². The number of halogens is 1. The molecule has 0 saturated carbocycles. The molecule has 1 atom stereocenters. The van der Waals surface area contributed by atoms with Gasteiger partial charge in [-0.05, 0) is 37.3 Å². The molecule has 9 nitrogen and oxygen atoms in total. The van der Waals surface area contributed by atoms with E-state index in [1.807, 2.05) is 6.07 Å². The van der Waals surface area contributed by atoms with Gasteiger partial charge >= 0.3 is 0 Å². The fourth-order valence-corrected chi connectivity index (χ4v) is 4.05. The lowest BCUT2D eigenvalue weighted by Gasteiger charge is -2.32. The van der Waals surface area contributed by atoms with E-state index < -0.39 is 0 Å². The summed E-state index contributed by atoms with van der Waals surface area (Å²) < 4.78 is 26.3. The number of imidazole rings is 1. The van der Waals surface area contributed by atoms with Gasteiger partial charge in [-0.15, -0.1) is 0 Å². The third-order valence-corrected chi connectivity index (χ3v) is 5.59. The van der Waals surface area contributed by atoms with Gasteiger partial charge in [-0.25, -0.2) is 14.4 Å². The maximum atomic E-state index is 13.9. The fourth-order valence-electron chi connectivity index (χ4n) is 4.05. The third-order valence-electron chi connectivity index (χ3n) is 5.59. The SMILES string of the molecule is COCCOc1cc(C[C@@H]2CCCN(C(=O)CC#N)C2)nc(-c2cnc3ccc(F)cn23)n1. The highest BCUT2D eigenvalue weighted by molar-refractivity contribution is 5.78. The summed E-state index contributed by atoms with van der Waals surface area (Å²) in [5.41, 5.74) is 1.90. The molecule has 4 rings (SSSR count). The molecule has 0 bridgehead atoms. The summed E-state index contributed by atoms with van der Waals surface area (Å²) in [7, 11) is 1.59. The van der Waals surface area contributed by atoms with Crippen LogP contribution in [-0.4, -0.2) is 63.6 Å². The quantitative estimate of drug-likeness (QED) is 0.484. The first kappa shape index (κ1) is 22.6. The van der Waals surface area contributed by atoms with Crippen LogP contribution in [0.1, 0.15) is 25.0 Å². The van der Waals surface area contributed by atoms with Gasteiger partial charge in [0.1, 0.15) is 30.2 Å². The maximum Gasteiger partial charge on any atom is 0.236 e. The molecular weight excluding hydrogens is 427 g/mol. The van der Waals surface area contributed by atoms with Crippen molar-refractivity contribution in [3.8, 4) is 23.5 Å². The van der Waals surface area contributed by atoms with Crippen LogP contribution in [-0.2, 0) is 16.0 Å². The minimum absolute atomic E-state index is 0.104. The number of ether oxygens (including phenoxy) is 2. The lowest BCUT2D eigenvalue weighted by atomic mass is 9.93. The highest BCUT2D eigenvalue weighted by Gasteiger charge is 2.24. The molecule has 1 saturated heterocycles. The molecule has 10 heteroatoms. The van der Waals surface area contributed by atoms with Gasteiger partial charge in [0.05, 0.1) is 18.9 Å². The van der Waals surface area contributed by atoms with Crippen LogP contribution in [0.25, 0.3) is 17.2 Å². The summed E-state index contributed by atoms with van der Waals surface area (Å²) in [6, 6.07) is 6.66. The number of aromatic nitrogens is 4. The second-order valence-corrected chi connectivity index (χ2v) is 7.97. The van der Waals surface area contributed by atoms with E-state index in [2.05, 4.69) is 9.97 Å². The van der Waals surface area contributed by atoms with Crippen molar-refractivity contribution in [2.45, 2.75) is 25.7 Å². The van der Waals surface area contributed by atoms with Gasteiger partial charge in [0.15, 0.2) is 5.82 Å². The predicted molar refractivity (Wildman–Crippen MR) is 117 cm³/mol. The number of rotatable bonds is 8. The van der Waals surface area contributed by atoms with Crippen LogP contribution in [0.15, 0.2) is 30.6 Å². The Morgan fingerprint density at radius 3 is 3.03 bits per heavy atom. The van der Waals surface area contributed by atoms with Gasteiger partial charge in [0, 0.05) is 38.2 Å². The van der Waals surface area contributed by atoms with Gasteiger partial charge in [0.2, 0.25) is 11.8 Å². The molecule has 0 N–H and O–H groups in total. The molecule has 1 aliphatic heterocycles. The van der Waals surface area contributed by atoms with Gasteiger partial charge in [-0.2, -0.15) is 10.2 Å². The molecule has 0 radical (unpaired) electrons. The van der Waals surface area contributed by atoms with Crippen molar-refractivity contribution in [1.82, 2.24) is 24.3 Å². The van der Waals surface area contributed by atoms with Crippen LogP contribution >= 0.6 is 0 Å². The molecule has 4 heterocycles. The largest absolute Gasteiger partial charge is 0.475 e. The van der Waals surface area contributed by atoms with Crippen molar-refractivity contribution in [3.63, 3.8) is 0 Å². The highest BCUT2D eigenvalue weighted by atomic mass is 19.1. The maximum absolute atomic E-state index is 13.9. The van der Waals surface area contributed by atoms with Crippen LogP contribution in [0.2, 0.25) is 0 Å². The number of hydrogen-bond donors (Lipinski definition) is 0. The van der Waals surface area contributed by atoms with Crippen LogP contribution in [0.4, 0.5) is 4.39 Å². The number of likely N-dealkylation sites (tertiary alicyclic amines) is 1. The van der Waals surface area contributed by atoms with Crippen LogP contribution in [0.5, 0.6) is 5.88 Å². The van der Waals surface area contributed by atoms with Crippen molar-refractivity contribution in [2.75, 3.05) is 33.4 Å². The first-order valence-electron chi connectivity index (χ1n) is 10.8. The standard InChI is InChI=1S/C23H25FN6O3/c1-32-9-10-33-21-12-18(11-16-3-2-8-29(14-16)22(31)6-7-25)27-23(28-21)19-13-26-20-5-4-17(24)15-30(19)20/h4-5,12-13,15-16H,2-3,6,8-11,14H2,1H3/t16-/m0/s1. The Bertz CT molecular complexity index is 1170. The number of amides is 1. The van der Waals surface area contributed by atoms with E-state index in [0.717, 1.165) is 18.5 Å². The predicted octanol–water partition coefficient (Wildman–Crippen LogP) is 2.65. The molecule has 33 heavy (non-hydrogen) atoms. The molecule has 1 aliphatic rings. The van der Waals surface area contributed by atoms with Crippen molar-refractivity contribution in [1.29, 1.82) is 5.26 Å². The first-order valence-corrected chi connectivity index (χ1v) is 10.8. The molecule has 172 valence electrons. The Hall–Kier alpha value is -3.58. The average Bonchev–Trinajstić information content (AvgIpc) is 3.22. The molecule has 3 aromatic heterocycles. The number of methoxy groups -OCH3 is 1. The average molecular weight is 452 g/mol. The number of piperidine rings is 1. The monoisotopic (exact) mass is 452 g/mol. The summed E-state index contributed by atoms with van der Waals surface area (Å²) in [5.74, 6) is 0.453. The third kappa shape index (κ3) is 5.43. The molecular formula is C23H25FN6O3. The van der Waals surface area contributed by atoms with E-state index in [4.69, 9.17) is 19.7 Å². The Balaban J connectivity index is 1.62. The summed E-state index contributed by atoms with van der Waals surface area (Å²) >= 11 is 0. The van der Waals surface area contributed by atoms with Crippen molar-refractivity contribution in [2.24, 2.45) is 5.92 Å². The summed E-state index contributed by atoms with van der Waals surface area (Å²) in [6.45, 7) is 1.99. The molecule has 3 aromatic rings. The highest BCUT2D eigenvalue weighted by Crippen LogP contribution is 2.25. The molecule has 0 aliphatic carbocycles. The Kier molecular flexibility index (Phi) is 7.10. The summed E-state index contributed by atoms with van der Waals surface area (Å²) in [6.07, 6.45) is 5.30. The lowest BCUT2D eigenvalue weighted by molar-refractivity contribution is -0.131. The first-order chi connectivity index (χ1) is 16.1. The summed E-state index contributed by atoms with van der Waals surface area (Å²) in [5, 5.41) is 8.83. The number of carbonyl (C=O) groups is 1. The fraction of sp³-hybridized carbons (Fsp3) is 0.435. The molecule has 0 spiro atoms. The van der Waals surface area contributed by atoms with Crippen molar-refractivity contribution < 1.29 is 18.7 Å². The smallest absolute Gasteiger partial charge is 0.236 e. The van der Waals surface area contributed by atoms with Crippen LogP contribution in [0.3, 0.4) is 0 Å². The van der Waals surface area contributed by atoms with E-state index in [-0.39, 0.29) is 24.1 Å². The second kappa shape index (κ2) is 10.4. The number of nitriles is 1. The Morgan fingerprint density at radius 1 is 1.33 bits per heavy atom.